The molecule has 47 valence electrons. The van der Waals surface area contributed by atoms with Crippen molar-refractivity contribution in [3.63, 3.8) is 0 Å². The third kappa shape index (κ3) is 13.1. The Morgan fingerprint density at radius 1 is 0.900 bits per heavy atom. The molecule has 1 heterocycles. The fraction of sp³-hybridized carbons (Fsp3) is 0. The minimum absolute atomic E-state index is 0. The summed E-state index contributed by atoms with van der Waals surface area (Å²) in [7, 11) is 0. The SMILES string of the molecule is [CH3-].[Y].[Y].[Y].[c-]1c[c-]n[c-]c1. The van der Waals surface area contributed by atoms with E-state index in [4.69, 9.17) is 0 Å². The molecule has 0 spiro atoms. The summed E-state index contributed by atoms with van der Waals surface area (Å²) in [5, 5.41) is 0. The second-order valence-corrected chi connectivity index (χ2v) is 0.825. The first-order valence-corrected chi connectivity index (χ1v) is 1.60. The van der Waals surface area contributed by atoms with Crippen molar-refractivity contribution in [3.05, 3.63) is 38.0 Å². The van der Waals surface area contributed by atoms with Crippen LogP contribution in [0.15, 0.2) is 12.1 Å². The van der Waals surface area contributed by atoms with E-state index in [0.717, 1.165) is 0 Å². The van der Waals surface area contributed by atoms with Gasteiger partial charge < -0.3 is 43.0 Å². The summed E-state index contributed by atoms with van der Waals surface area (Å²) < 4.78 is 0. The van der Waals surface area contributed by atoms with E-state index >= 15 is 0 Å². The predicted molar refractivity (Wildman–Crippen MR) is 27.2 cm³/mol. The zero-order chi connectivity index (χ0) is 4.24. The quantitative estimate of drug-likeness (QED) is 0.629. The molecule has 0 aromatic carbocycles. The van der Waals surface area contributed by atoms with Crippen molar-refractivity contribution >= 4 is 0 Å². The number of pyridine rings is 1. The van der Waals surface area contributed by atoms with E-state index in [0.29, 0.717) is 0 Å². The van der Waals surface area contributed by atoms with E-state index in [1.807, 2.05) is 0 Å². The molecule has 0 aliphatic rings. The molecule has 1 rings (SSSR count). The van der Waals surface area contributed by atoms with Crippen LogP contribution in [0.4, 0.5) is 0 Å². The summed E-state index contributed by atoms with van der Waals surface area (Å²) >= 11 is 0. The average Bonchev–Trinajstić information content (AvgIpc) is 1.72. The van der Waals surface area contributed by atoms with Crippen molar-refractivity contribution in [3.8, 4) is 0 Å². The van der Waals surface area contributed by atoms with Gasteiger partial charge in [0.05, 0.1) is 0 Å². The number of hydrogen-bond donors (Lipinski definition) is 0. The topological polar surface area (TPSA) is 12.9 Å². The summed E-state index contributed by atoms with van der Waals surface area (Å²) in [4.78, 5) is 3.50. The third-order valence-electron chi connectivity index (χ3n) is 0.425. The van der Waals surface area contributed by atoms with Gasteiger partial charge in [0.1, 0.15) is 0 Å². The molecule has 0 saturated carbocycles. The Balaban J connectivity index is -0.0000000450. The second-order valence-electron chi connectivity index (χ2n) is 0.825. The molecule has 0 bridgehead atoms. The fourth-order valence-corrected chi connectivity index (χ4v) is 0.218. The van der Waals surface area contributed by atoms with Crippen molar-refractivity contribution < 1.29 is 98.1 Å². The van der Waals surface area contributed by atoms with E-state index in [1.54, 1.807) is 12.1 Å². The second kappa shape index (κ2) is 17.5. The van der Waals surface area contributed by atoms with Crippen molar-refractivity contribution in [1.29, 1.82) is 0 Å². The molecule has 0 N–H and O–H groups in total. The summed E-state index contributed by atoms with van der Waals surface area (Å²) in [6.07, 6.45) is 5.06. The summed E-state index contributed by atoms with van der Waals surface area (Å²) in [6, 6.07) is 5.93. The van der Waals surface area contributed by atoms with Crippen molar-refractivity contribution in [2.75, 3.05) is 0 Å². The Labute approximate surface area is 138 Å². The monoisotopic (exact) mass is 358 g/mol. The largest absolute Gasteiger partial charge is 0.681 e. The van der Waals surface area contributed by atoms with Crippen LogP contribution in [0.5, 0.6) is 0 Å². The van der Waals surface area contributed by atoms with Crippen LogP contribution < -0.4 is 0 Å². The van der Waals surface area contributed by atoms with Crippen LogP contribution >= 0.6 is 0 Å². The number of nitrogens with zero attached hydrogens (tertiary/aromatic N) is 1. The van der Waals surface area contributed by atoms with E-state index in [1.165, 1.54) is 0 Å². The first kappa shape index (κ1) is 22.9. The standard InChI is InChI=1S/C5H2N.CH3.3Y/c1-2-4-6-5-3-1;;;;/h2-3H;1H3;;;/q-3;-1;;;. The molecule has 1 aromatic rings. The van der Waals surface area contributed by atoms with E-state index in [2.05, 4.69) is 23.4 Å². The number of rotatable bonds is 0. The van der Waals surface area contributed by atoms with Gasteiger partial charge in [0, 0.05) is 98.1 Å². The smallest absolute Gasteiger partial charge is 0 e. The molecule has 0 fully saturated rings. The number of aromatic nitrogens is 1. The molecule has 0 saturated heterocycles. The normalized spacial score (nSPS) is 4.80. The van der Waals surface area contributed by atoms with E-state index < -0.39 is 0 Å². The van der Waals surface area contributed by atoms with Crippen molar-refractivity contribution in [2.45, 2.75) is 0 Å². The molecule has 4 heteroatoms. The Hall–Kier alpha value is 2.46. The van der Waals surface area contributed by atoms with Crippen LogP contribution in [0.2, 0.25) is 0 Å². The van der Waals surface area contributed by atoms with Gasteiger partial charge in [-0.2, -0.15) is 0 Å². The first-order chi connectivity index (χ1) is 3.00. The van der Waals surface area contributed by atoms with Gasteiger partial charge in [-0.3, -0.25) is 0 Å². The summed E-state index contributed by atoms with van der Waals surface area (Å²) in [5.41, 5.74) is 0. The molecular weight excluding hydrogens is 353 g/mol. The molecule has 1 nitrogen and oxygen atoms in total. The van der Waals surface area contributed by atoms with Crippen LogP contribution in [0.1, 0.15) is 0 Å². The molecule has 0 unspecified atom stereocenters. The maximum Gasteiger partial charge on any atom is 0 e. The first-order valence-electron chi connectivity index (χ1n) is 1.60. The van der Waals surface area contributed by atoms with Gasteiger partial charge in [0.2, 0.25) is 0 Å². The predicted octanol–water partition coefficient (Wildman–Crippen LogP) is 0.925. The molecule has 0 amide bonds. The summed E-state index contributed by atoms with van der Waals surface area (Å²) in [6.45, 7) is 0. The van der Waals surface area contributed by atoms with Gasteiger partial charge in [-0.15, -0.1) is 0 Å². The van der Waals surface area contributed by atoms with Crippen LogP contribution in [-0.4, -0.2) is 4.98 Å². The van der Waals surface area contributed by atoms with Crippen LogP contribution in [0.25, 0.3) is 0 Å². The Morgan fingerprint density at radius 2 is 1.30 bits per heavy atom. The Kier molecular flexibility index (Phi) is 40.1. The van der Waals surface area contributed by atoms with Gasteiger partial charge in [0.15, 0.2) is 0 Å². The number of hydrogen-bond acceptors (Lipinski definition) is 1. The van der Waals surface area contributed by atoms with Crippen LogP contribution in [0.3, 0.4) is 0 Å². The van der Waals surface area contributed by atoms with Gasteiger partial charge in [-0.1, -0.05) is 0 Å². The molecule has 3 radical (unpaired) electrons. The van der Waals surface area contributed by atoms with E-state index in [-0.39, 0.29) is 106 Å². The molecule has 0 atom stereocenters. The van der Waals surface area contributed by atoms with Gasteiger partial charge >= 0.3 is 0 Å². The van der Waals surface area contributed by atoms with Gasteiger partial charge in [-0.25, -0.2) is 0 Å². The maximum absolute atomic E-state index is 3.50. The Bertz CT molecular complexity index is 84.9. The Morgan fingerprint density at radius 3 is 1.40 bits per heavy atom. The third-order valence-corrected chi connectivity index (χ3v) is 0.425. The van der Waals surface area contributed by atoms with Gasteiger partial charge in [0.25, 0.3) is 0 Å². The molecule has 0 aliphatic heterocycles. The zero-order valence-corrected chi connectivity index (χ0v) is 14.3. The molecule has 1 aromatic heterocycles. The average molecular weight is 358 g/mol. The minimum Gasteiger partial charge on any atom is -0.681 e. The molecule has 10 heavy (non-hydrogen) atoms. The van der Waals surface area contributed by atoms with Crippen LogP contribution in [-0.2, 0) is 98.1 Å². The van der Waals surface area contributed by atoms with E-state index in [9.17, 15) is 0 Å². The maximum atomic E-state index is 3.50. The molecule has 0 aliphatic carbocycles. The fourth-order valence-electron chi connectivity index (χ4n) is 0.218. The van der Waals surface area contributed by atoms with Crippen LogP contribution in [0, 0.1) is 25.9 Å². The summed E-state index contributed by atoms with van der Waals surface area (Å²) in [5.74, 6) is 0. The molecular formula is C6H5NY3-4. The van der Waals surface area contributed by atoms with Gasteiger partial charge in [-0.05, 0) is 0 Å². The minimum atomic E-state index is 0. The van der Waals surface area contributed by atoms with Crippen molar-refractivity contribution in [1.82, 2.24) is 4.98 Å². The zero-order valence-electron chi connectivity index (χ0n) is 5.83. The van der Waals surface area contributed by atoms with Crippen molar-refractivity contribution in [2.24, 2.45) is 0 Å².